The smallest absolute Gasteiger partial charge is 0.286 e. The van der Waals surface area contributed by atoms with Gasteiger partial charge in [0.05, 0.1) is 0 Å². The Morgan fingerprint density at radius 1 is 0.643 bits per heavy atom. The average Bonchev–Trinajstić information content (AvgIpc) is 1.69. The maximum Gasteiger partial charge on any atom is 0.286 e. The van der Waals surface area contributed by atoms with Gasteiger partial charge in [0.15, 0.2) is 0 Å². The van der Waals surface area contributed by atoms with Crippen molar-refractivity contribution >= 4 is 8.56 Å². The summed E-state index contributed by atoms with van der Waals surface area (Å²) < 4.78 is 8.39. The zero-order valence-corrected chi connectivity index (χ0v) is 10.2. The maximum atomic E-state index is 2.80. The predicted molar refractivity (Wildman–Crippen MR) is 60.2 cm³/mol. The third-order valence-electron chi connectivity index (χ3n) is 4.37. The largest absolute Gasteiger partial charge is 0.299 e. The first-order valence-electron chi connectivity index (χ1n) is 6.07. The van der Waals surface area contributed by atoms with E-state index >= 15 is 0 Å². The van der Waals surface area contributed by atoms with Gasteiger partial charge in [-0.25, -0.2) is 0 Å². The van der Waals surface area contributed by atoms with Crippen LogP contribution in [0.2, 0.25) is 6.55 Å². The molecule has 3 rings (SSSR count). The van der Waals surface area contributed by atoms with E-state index in [1.54, 1.807) is 0 Å². The lowest BCUT2D eigenvalue weighted by molar-refractivity contribution is 0.138. The van der Waals surface area contributed by atoms with Crippen LogP contribution in [0.4, 0.5) is 0 Å². The maximum absolute atomic E-state index is 2.80. The molecule has 3 saturated heterocycles. The van der Waals surface area contributed by atoms with Crippen molar-refractivity contribution in [3.63, 3.8) is 0 Å². The molecule has 0 spiro atoms. The fourth-order valence-corrected chi connectivity index (χ4v) is 7.51. The molecule has 3 aliphatic heterocycles. The molecule has 4 heteroatoms. The molecular formula is C10H21N3Si. The number of hydrogen-bond donors (Lipinski definition) is 0. The Balaban J connectivity index is 1.76. The van der Waals surface area contributed by atoms with Gasteiger partial charge in [0.25, 0.3) is 8.56 Å². The highest BCUT2D eigenvalue weighted by Gasteiger charge is 2.51. The summed E-state index contributed by atoms with van der Waals surface area (Å²) in [6.07, 6.45) is 4.30. The highest BCUT2D eigenvalue weighted by atomic mass is 28.4. The zero-order chi connectivity index (χ0) is 9.60. The highest BCUT2D eigenvalue weighted by Crippen LogP contribution is 2.31. The molecule has 14 heavy (non-hydrogen) atoms. The summed E-state index contributed by atoms with van der Waals surface area (Å²) in [5, 5.41) is 0. The van der Waals surface area contributed by atoms with Gasteiger partial charge in [-0.05, 0) is 65.1 Å². The van der Waals surface area contributed by atoms with Crippen molar-refractivity contribution in [2.75, 3.05) is 39.3 Å². The Hall–Kier alpha value is 0.0969. The first kappa shape index (κ1) is 9.33. The second-order valence-corrected chi connectivity index (χ2v) is 8.83. The Morgan fingerprint density at radius 2 is 0.929 bits per heavy atom. The van der Waals surface area contributed by atoms with E-state index in [0.717, 1.165) is 0 Å². The molecule has 3 aliphatic rings. The summed E-state index contributed by atoms with van der Waals surface area (Å²) in [7, 11) is -1.30. The summed E-state index contributed by atoms with van der Waals surface area (Å²) >= 11 is 0. The van der Waals surface area contributed by atoms with Gasteiger partial charge in [-0.2, -0.15) is 0 Å². The minimum absolute atomic E-state index is 1.30. The molecule has 0 aromatic rings. The van der Waals surface area contributed by atoms with Crippen molar-refractivity contribution < 1.29 is 0 Å². The molecule has 80 valence electrons. The summed E-state index contributed by atoms with van der Waals surface area (Å²) in [6, 6.07) is 0. The number of hydrogen-bond acceptors (Lipinski definition) is 3. The highest BCUT2D eigenvalue weighted by molar-refractivity contribution is 6.71. The van der Waals surface area contributed by atoms with Crippen LogP contribution in [0.25, 0.3) is 0 Å². The van der Waals surface area contributed by atoms with E-state index < -0.39 is 8.56 Å². The van der Waals surface area contributed by atoms with Crippen molar-refractivity contribution in [1.82, 2.24) is 13.7 Å². The van der Waals surface area contributed by atoms with Crippen molar-refractivity contribution in [3.05, 3.63) is 0 Å². The Bertz CT molecular complexity index is 185. The molecule has 3 nitrogen and oxygen atoms in total. The SMILES string of the molecule is C[Si](N1CCC1)(N1CCC1)N1CCC1. The van der Waals surface area contributed by atoms with E-state index in [0.29, 0.717) is 0 Å². The van der Waals surface area contributed by atoms with Gasteiger partial charge in [0.2, 0.25) is 0 Å². The lowest BCUT2D eigenvalue weighted by Crippen LogP contribution is -2.80. The normalized spacial score (nSPS) is 30.6. The van der Waals surface area contributed by atoms with Crippen LogP contribution in [0.1, 0.15) is 19.3 Å². The molecular weight excluding hydrogens is 190 g/mol. The molecule has 0 aromatic carbocycles. The monoisotopic (exact) mass is 211 g/mol. The lowest BCUT2D eigenvalue weighted by atomic mass is 10.3. The topological polar surface area (TPSA) is 9.72 Å². The van der Waals surface area contributed by atoms with Crippen LogP contribution in [-0.2, 0) is 0 Å². The molecule has 0 bridgehead atoms. The second-order valence-electron chi connectivity index (χ2n) is 4.99. The van der Waals surface area contributed by atoms with Crippen LogP contribution < -0.4 is 0 Å². The van der Waals surface area contributed by atoms with Gasteiger partial charge >= 0.3 is 0 Å². The molecule has 0 aliphatic carbocycles. The van der Waals surface area contributed by atoms with Gasteiger partial charge in [0, 0.05) is 0 Å². The molecule has 0 unspecified atom stereocenters. The second kappa shape index (κ2) is 3.30. The number of nitrogens with zero attached hydrogens (tertiary/aromatic N) is 3. The van der Waals surface area contributed by atoms with Crippen LogP contribution in [-0.4, -0.2) is 61.5 Å². The molecule has 0 saturated carbocycles. The first-order chi connectivity index (χ1) is 6.82. The van der Waals surface area contributed by atoms with E-state index in [-0.39, 0.29) is 0 Å². The fourth-order valence-electron chi connectivity index (χ4n) is 2.82. The van der Waals surface area contributed by atoms with E-state index in [1.165, 1.54) is 58.5 Å². The Morgan fingerprint density at radius 3 is 1.07 bits per heavy atom. The van der Waals surface area contributed by atoms with E-state index in [1.807, 2.05) is 0 Å². The van der Waals surface area contributed by atoms with Crippen molar-refractivity contribution in [3.8, 4) is 0 Å². The van der Waals surface area contributed by atoms with Crippen LogP contribution in [0.5, 0.6) is 0 Å². The Kier molecular flexibility index (Phi) is 2.20. The van der Waals surface area contributed by atoms with Crippen molar-refractivity contribution in [1.29, 1.82) is 0 Å². The van der Waals surface area contributed by atoms with Gasteiger partial charge in [-0.3, -0.25) is 13.7 Å². The lowest BCUT2D eigenvalue weighted by Gasteiger charge is -2.60. The summed E-state index contributed by atoms with van der Waals surface area (Å²) in [4.78, 5) is 0. The Labute approximate surface area is 87.9 Å². The molecule has 0 aromatic heterocycles. The summed E-state index contributed by atoms with van der Waals surface area (Å²) in [5.74, 6) is 0. The van der Waals surface area contributed by atoms with E-state index in [9.17, 15) is 0 Å². The van der Waals surface area contributed by atoms with Crippen LogP contribution >= 0.6 is 0 Å². The van der Waals surface area contributed by atoms with Crippen LogP contribution in [0.15, 0.2) is 0 Å². The minimum atomic E-state index is -1.30. The van der Waals surface area contributed by atoms with Crippen LogP contribution in [0, 0.1) is 0 Å². The van der Waals surface area contributed by atoms with Crippen molar-refractivity contribution in [2.24, 2.45) is 0 Å². The fraction of sp³-hybridized carbons (Fsp3) is 1.00. The van der Waals surface area contributed by atoms with Gasteiger partial charge < -0.3 is 0 Å². The third-order valence-corrected chi connectivity index (χ3v) is 9.30. The first-order valence-corrected chi connectivity index (χ1v) is 8.41. The van der Waals surface area contributed by atoms with Gasteiger partial charge in [-0.15, -0.1) is 0 Å². The molecule has 3 fully saturated rings. The van der Waals surface area contributed by atoms with Gasteiger partial charge in [-0.1, -0.05) is 0 Å². The van der Waals surface area contributed by atoms with Gasteiger partial charge in [0.1, 0.15) is 0 Å². The molecule has 3 heterocycles. The van der Waals surface area contributed by atoms with E-state index in [2.05, 4.69) is 20.2 Å². The standard InChI is InChI=1S/C10H21N3Si/c1-14(11-5-2-6-11,12-7-3-8-12)13-9-4-10-13/h2-10H2,1H3. The molecule has 0 radical (unpaired) electrons. The predicted octanol–water partition coefficient (Wildman–Crippen LogP) is 0.672. The number of rotatable bonds is 3. The third kappa shape index (κ3) is 1.14. The van der Waals surface area contributed by atoms with E-state index in [4.69, 9.17) is 0 Å². The minimum Gasteiger partial charge on any atom is -0.299 e. The zero-order valence-electron chi connectivity index (χ0n) is 9.21. The summed E-state index contributed by atoms with van der Waals surface area (Å²) in [6.45, 7) is 10.8. The summed E-state index contributed by atoms with van der Waals surface area (Å²) in [5.41, 5.74) is 0. The quantitative estimate of drug-likeness (QED) is 0.636. The van der Waals surface area contributed by atoms with Crippen molar-refractivity contribution in [2.45, 2.75) is 25.8 Å². The average molecular weight is 211 g/mol. The molecule has 0 atom stereocenters. The molecule has 0 N–H and O–H groups in total. The van der Waals surface area contributed by atoms with Crippen LogP contribution in [0.3, 0.4) is 0 Å². The molecule has 0 amide bonds.